The van der Waals surface area contributed by atoms with Crippen molar-refractivity contribution in [2.75, 3.05) is 5.73 Å². The van der Waals surface area contributed by atoms with Gasteiger partial charge in [0.1, 0.15) is 0 Å². The van der Waals surface area contributed by atoms with E-state index in [9.17, 15) is 0 Å². The van der Waals surface area contributed by atoms with E-state index in [0.29, 0.717) is 5.69 Å². The summed E-state index contributed by atoms with van der Waals surface area (Å²) in [7, 11) is 0. The summed E-state index contributed by atoms with van der Waals surface area (Å²) < 4.78 is 1.03. The quantitative estimate of drug-likeness (QED) is 0.671. The molecule has 21 heavy (non-hydrogen) atoms. The standard InChI is InChI=1S/C17H15BrN2S/c1-10-3-4-11(2)16(7-10)21-17-13-8-12(18)5-6-15(13)20-9-14(17)19/h3-9H,19H2,1-2H3. The average molecular weight is 359 g/mol. The molecular weight excluding hydrogens is 344 g/mol. The van der Waals surface area contributed by atoms with E-state index in [-0.39, 0.29) is 0 Å². The number of aromatic nitrogens is 1. The normalized spacial score (nSPS) is 11.0. The summed E-state index contributed by atoms with van der Waals surface area (Å²) in [5.74, 6) is 0. The molecular formula is C17H15BrN2S. The number of aryl methyl sites for hydroxylation is 2. The number of hydrogen-bond acceptors (Lipinski definition) is 3. The van der Waals surface area contributed by atoms with Crippen molar-refractivity contribution >= 4 is 44.3 Å². The molecule has 0 aliphatic carbocycles. The van der Waals surface area contributed by atoms with Crippen LogP contribution < -0.4 is 5.73 Å². The van der Waals surface area contributed by atoms with Gasteiger partial charge in [0.05, 0.1) is 17.4 Å². The van der Waals surface area contributed by atoms with Gasteiger partial charge in [-0.25, -0.2) is 0 Å². The fourth-order valence-corrected chi connectivity index (χ4v) is 3.70. The van der Waals surface area contributed by atoms with Gasteiger partial charge < -0.3 is 5.73 Å². The minimum atomic E-state index is 0.714. The van der Waals surface area contributed by atoms with Gasteiger partial charge in [-0.05, 0) is 49.2 Å². The molecule has 0 aliphatic rings. The molecule has 0 radical (unpaired) electrons. The van der Waals surface area contributed by atoms with Gasteiger partial charge in [-0.2, -0.15) is 0 Å². The van der Waals surface area contributed by atoms with Crippen molar-refractivity contribution < 1.29 is 0 Å². The lowest BCUT2D eigenvalue weighted by Gasteiger charge is -2.12. The third-order valence-electron chi connectivity index (χ3n) is 3.36. The second kappa shape index (κ2) is 5.70. The van der Waals surface area contributed by atoms with Crippen LogP contribution in [-0.2, 0) is 0 Å². The minimum absolute atomic E-state index is 0.714. The first-order valence-corrected chi connectivity index (χ1v) is 8.24. The van der Waals surface area contributed by atoms with E-state index >= 15 is 0 Å². The monoisotopic (exact) mass is 358 g/mol. The second-order valence-electron chi connectivity index (χ2n) is 5.08. The van der Waals surface area contributed by atoms with E-state index in [1.54, 1.807) is 18.0 Å². The van der Waals surface area contributed by atoms with Crippen molar-refractivity contribution in [2.45, 2.75) is 23.6 Å². The molecule has 2 N–H and O–H groups in total. The minimum Gasteiger partial charge on any atom is -0.397 e. The Kier molecular flexibility index (Phi) is 3.91. The first-order chi connectivity index (χ1) is 10.0. The van der Waals surface area contributed by atoms with Gasteiger partial charge in [0.15, 0.2) is 0 Å². The van der Waals surface area contributed by atoms with Gasteiger partial charge in [-0.3, -0.25) is 4.98 Å². The number of nitrogen functional groups attached to an aromatic ring is 1. The van der Waals surface area contributed by atoms with E-state index in [2.05, 4.69) is 59.0 Å². The van der Waals surface area contributed by atoms with Crippen LogP contribution in [0, 0.1) is 13.8 Å². The summed E-state index contributed by atoms with van der Waals surface area (Å²) in [6, 6.07) is 12.6. The van der Waals surface area contributed by atoms with Gasteiger partial charge >= 0.3 is 0 Å². The molecule has 0 unspecified atom stereocenters. The molecule has 2 nitrogen and oxygen atoms in total. The van der Waals surface area contributed by atoms with Gasteiger partial charge in [0.25, 0.3) is 0 Å². The Morgan fingerprint density at radius 3 is 2.71 bits per heavy atom. The number of rotatable bonds is 2. The van der Waals surface area contributed by atoms with Crippen LogP contribution in [-0.4, -0.2) is 4.98 Å². The molecule has 0 spiro atoms. The molecule has 1 heterocycles. The number of benzene rings is 2. The zero-order chi connectivity index (χ0) is 15.0. The molecule has 1 aromatic heterocycles. The maximum atomic E-state index is 6.17. The van der Waals surface area contributed by atoms with Crippen molar-refractivity contribution in [3.05, 3.63) is 58.2 Å². The largest absolute Gasteiger partial charge is 0.397 e. The first-order valence-electron chi connectivity index (χ1n) is 6.63. The zero-order valence-corrected chi connectivity index (χ0v) is 14.3. The van der Waals surface area contributed by atoms with Crippen LogP contribution in [0.2, 0.25) is 0 Å². The number of pyridine rings is 1. The van der Waals surface area contributed by atoms with E-state index in [1.807, 2.05) is 12.1 Å². The smallest absolute Gasteiger partial charge is 0.0715 e. The highest BCUT2D eigenvalue weighted by atomic mass is 79.9. The summed E-state index contributed by atoms with van der Waals surface area (Å²) in [4.78, 5) is 6.70. The second-order valence-corrected chi connectivity index (χ2v) is 7.04. The van der Waals surface area contributed by atoms with E-state index in [4.69, 9.17) is 5.73 Å². The third-order valence-corrected chi connectivity index (χ3v) is 5.18. The number of nitrogens with two attached hydrogens (primary N) is 1. The average Bonchev–Trinajstić information content (AvgIpc) is 2.46. The van der Waals surface area contributed by atoms with E-state index in [1.165, 1.54) is 16.0 Å². The van der Waals surface area contributed by atoms with Crippen LogP contribution in [0.5, 0.6) is 0 Å². The first kappa shape index (κ1) is 14.4. The van der Waals surface area contributed by atoms with Gasteiger partial charge in [-0.1, -0.05) is 39.8 Å². The fourth-order valence-electron chi connectivity index (χ4n) is 2.20. The highest BCUT2D eigenvalue weighted by Crippen LogP contribution is 2.39. The number of fused-ring (bicyclic) bond motifs is 1. The van der Waals surface area contributed by atoms with E-state index < -0.39 is 0 Å². The lowest BCUT2D eigenvalue weighted by Crippen LogP contribution is -1.93. The predicted molar refractivity (Wildman–Crippen MR) is 93.9 cm³/mol. The van der Waals surface area contributed by atoms with Crippen LogP contribution in [0.15, 0.2) is 56.9 Å². The summed E-state index contributed by atoms with van der Waals surface area (Å²) in [6.07, 6.45) is 1.74. The van der Waals surface area contributed by atoms with Crippen molar-refractivity contribution in [1.82, 2.24) is 4.98 Å². The Labute approximate surface area is 136 Å². The molecule has 0 saturated carbocycles. The summed E-state index contributed by atoms with van der Waals surface area (Å²) >= 11 is 5.23. The SMILES string of the molecule is Cc1ccc(C)c(Sc2c(N)cnc3ccc(Br)cc23)c1. The molecule has 0 aliphatic heterocycles. The Morgan fingerprint density at radius 1 is 1.10 bits per heavy atom. The molecule has 4 heteroatoms. The molecule has 0 atom stereocenters. The lowest BCUT2D eigenvalue weighted by molar-refractivity contribution is 1.25. The van der Waals surface area contributed by atoms with E-state index in [0.717, 1.165) is 20.3 Å². The molecule has 106 valence electrons. The van der Waals surface area contributed by atoms with Crippen LogP contribution in [0.1, 0.15) is 11.1 Å². The Hall–Kier alpha value is -1.52. The van der Waals surface area contributed by atoms with Gasteiger partial charge in [0, 0.05) is 19.6 Å². The topological polar surface area (TPSA) is 38.9 Å². The molecule has 0 fully saturated rings. The van der Waals surface area contributed by atoms with Crippen molar-refractivity contribution in [2.24, 2.45) is 0 Å². The van der Waals surface area contributed by atoms with Gasteiger partial charge in [-0.15, -0.1) is 0 Å². The Bertz CT molecular complexity index is 825. The Balaban J connectivity index is 2.17. The van der Waals surface area contributed by atoms with Crippen molar-refractivity contribution in [3.63, 3.8) is 0 Å². The summed E-state index contributed by atoms with van der Waals surface area (Å²) in [6.45, 7) is 4.23. The molecule has 0 bridgehead atoms. The fraction of sp³-hybridized carbons (Fsp3) is 0.118. The van der Waals surface area contributed by atoms with Crippen LogP contribution in [0.25, 0.3) is 10.9 Å². The predicted octanol–water partition coefficient (Wildman–Crippen LogP) is 5.35. The Morgan fingerprint density at radius 2 is 1.90 bits per heavy atom. The molecule has 2 aromatic carbocycles. The van der Waals surface area contributed by atoms with Crippen LogP contribution in [0.3, 0.4) is 0 Å². The third kappa shape index (κ3) is 2.92. The molecule has 3 rings (SSSR count). The van der Waals surface area contributed by atoms with Crippen molar-refractivity contribution in [1.29, 1.82) is 0 Å². The molecule has 3 aromatic rings. The molecule has 0 amide bonds. The number of nitrogens with zero attached hydrogens (tertiary/aromatic N) is 1. The lowest BCUT2D eigenvalue weighted by atomic mass is 10.2. The highest BCUT2D eigenvalue weighted by Gasteiger charge is 2.10. The van der Waals surface area contributed by atoms with Gasteiger partial charge in [0.2, 0.25) is 0 Å². The number of halogens is 1. The molecule has 0 saturated heterocycles. The van der Waals surface area contributed by atoms with Crippen LogP contribution in [0.4, 0.5) is 5.69 Å². The maximum Gasteiger partial charge on any atom is 0.0715 e. The van der Waals surface area contributed by atoms with Crippen LogP contribution >= 0.6 is 27.7 Å². The summed E-state index contributed by atoms with van der Waals surface area (Å²) in [5.41, 5.74) is 10.4. The summed E-state index contributed by atoms with van der Waals surface area (Å²) in [5, 5.41) is 1.08. The van der Waals surface area contributed by atoms with Crippen molar-refractivity contribution in [3.8, 4) is 0 Å². The zero-order valence-electron chi connectivity index (χ0n) is 11.9. The number of anilines is 1. The maximum absolute atomic E-state index is 6.17. The highest BCUT2D eigenvalue weighted by molar-refractivity contribution is 9.10. The number of hydrogen-bond donors (Lipinski definition) is 1.